The van der Waals surface area contributed by atoms with Crippen molar-refractivity contribution < 1.29 is 32.2 Å². The number of hydrogen-bond acceptors (Lipinski definition) is 5. The van der Waals surface area contributed by atoms with Crippen molar-refractivity contribution in [3.8, 4) is 5.75 Å². The van der Waals surface area contributed by atoms with E-state index in [1.54, 1.807) is 6.07 Å². The molecule has 0 radical (unpaired) electrons. The van der Waals surface area contributed by atoms with Crippen molar-refractivity contribution in [2.75, 3.05) is 46.4 Å². The first kappa shape index (κ1) is 27.5. The second-order valence-electron chi connectivity index (χ2n) is 10.8. The molecule has 10 heteroatoms. The zero-order valence-electron chi connectivity index (χ0n) is 21.9. The van der Waals surface area contributed by atoms with Crippen molar-refractivity contribution >= 4 is 11.8 Å². The van der Waals surface area contributed by atoms with E-state index in [-0.39, 0.29) is 36.9 Å². The number of likely N-dealkylation sites (tertiary alicyclic amines) is 1. The summed E-state index contributed by atoms with van der Waals surface area (Å²) in [5, 5.41) is 6.21. The third kappa shape index (κ3) is 5.00. The summed E-state index contributed by atoms with van der Waals surface area (Å²) in [7, 11) is 0.919. The van der Waals surface area contributed by atoms with Gasteiger partial charge >= 0.3 is 6.18 Å². The first-order valence-electron chi connectivity index (χ1n) is 13.4. The summed E-state index contributed by atoms with van der Waals surface area (Å²) in [6, 6.07) is 14.8. The number of para-hydroxylation sites is 1. The Balaban J connectivity index is 1.39. The van der Waals surface area contributed by atoms with Crippen molar-refractivity contribution in [2.24, 2.45) is 11.3 Å². The van der Waals surface area contributed by atoms with Crippen LogP contribution in [-0.4, -0.2) is 69.3 Å². The minimum Gasteiger partial charge on any atom is -0.493 e. The van der Waals surface area contributed by atoms with E-state index in [2.05, 4.69) is 10.6 Å². The highest BCUT2D eigenvalue weighted by molar-refractivity contribution is 5.88. The molecule has 3 fully saturated rings. The molecule has 210 valence electrons. The molecule has 0 saturated carbocycles. The number of rotatable bonds is 7. The lowest BCUT2D eigenvalue weighted by Gasteiger charge is -2.50. The molecule has 2 amide bonds. The summed E-state index contributed by atoms with van der Waals surface area (Å²) in [5.41, 5.74) is -2.88. The Morgan fingerprint density at radius 2 is 1.69 bits per heavy atom. The summed E-state index contributed by atoms with van der Waals surface area (Å²) < 4.78 is 54.8. The number of hydrogen-bond donors (Lipinski definition) is 2. The molecule has 39 heavy (non-hydrogen) atoms. The molecule has 0 aliphatic carbocycles. The van der Waals surface area contributed by atoms with Crippen LogP contribution in [0.5, 0.6) is 5.75 Å². The van der Waals surface area contributed by atoms with E-state index in [4.69, 9.17) is 9.47 Å². The zero-order valence-corrected chi connectivity index (χ0v) is 21.9. The van der Waals surface area contributed by atoms with Gasteiger partial charge < -0.3 is 25.0 Å². The number of benzene rings is 2. The number of nitrogens with one attached hydrogen (secondary N) is 2. The molecule has 1 unspecified atom stereocenters. The molecule has 3 saturated heterocycles. The van der Waals surface area contributed by atoms with Crippen molar-refractivity contribution in [1.82, 2.24) is 15.5 Å². The third-order valence-electron chi connectivity index (χ3n) is 8.62. The monoisotopic (exact) mass is 545 g/mol. The fourth-order valence-electron chi connectivity index (χ4n) is 6.26. The van der Waals surface area contributed by atoms with Gasteiger partial charge in [-0.05, 0) is 29.9 Å². The minimum absolute atomic E-state index is 0.0872. The molecule has 1 spiro atoms. The van der Waals surface area contributed by atoms with Crippen LogP contribution in [0.4, 0.5) is 13.2 Å². The molecule has 0 bridgehead atoms. The largest absolute Gasteiger partial charge is 0.493 e. The lowest BCUT2D eigenvalue weighted by atomic mass is 9.62. The highest BCUT2D eigenvalue weighted by Gasteiger charge is 2.64. The van der Waals surface area contributed by atoms with Crippen LogP contribution >= 0.6 is 0 Å². The van der Waals surface area contributed by atoms with Crippen molar-refractivity contribution in [3.63, 3.8) is 0 Å². The van der Waals surface area contributed by atoms with Gasteiger partial charge in [0.15, 0.2) is 0 Å². The van der Waals surface area contributed by atoms with Gasteiger partial charge in [0.1, 0.15) is 5.75 Å². The van der Waals surface area contributed by atoms with E-state index in [0.29, 0.717) is 31.9 Å². The van der Waals surface area contributed by atoms with Crippen LogP contribution in [-0.2, 0) is 19.9 Å². The molecule has 2 aromatic rings. The first-order valence-corrected chi connectivity index (χ1v) is 13.4. The summed E-state index contributed by atoms with van der Waals surface area (Å²) >= 11 is 0. The van der Waals surface area contributed by atoms with E-state index in [1.165, 1.54) is 29.2 Å². The highest BCUT2D eigenvalue weighted by atomic mass is 19.4. The SMILES string of the molecule is CO[C@@](C(=O)N1CCC2(CC1)CC(=O)NCC2c1ccccc1OCC1CNC1)(c1ccccc1)C(F)(F)F. The van der Waals surface area contributed by atoms with Gasteiger partial charge in [-0.1, -0.05) is 48.5 Å². The van der Waals surface area contributed by atoms with Crippen LogP contribution < -0.4 is 15.4 Å². The lowest BCUT2D eigenvalue weighted by molar-refractivity contribution is -0.271. The topological polar surface area (TPSA) is 79.9 Å². The fraction of sp³-hybridized carbons (Fsp3) is 0.517. The van der Waals surface area contributed by atoms with Gasteiger partial charge in [-0.25, -0.2) is 0 Å². The van der Waals surface area contributed by atoms with Crippen molar-refractivity contribution in [3.05, 3.63) is 65.7 Å². The maximum Gasteiger partial charge on any atom is 0.430 e. The van der Waals surface area contributed by atoms with Crippen LogP contribution in [0.15, 0.2) is 54.6 Å². The van der Waals surface area contributed by atoms with Gasteiger partial charge in [-0.15, -0.1) is 0 Å². The quantitative estimate of drug-likeness (QED) is 0.556. The molecule has 7 nitrogen and oxygen atoms in total. The predicted molar refractivity (Wildman–Crippen MR) is 138 cm³/mol. The van der Waals surface area contributed by atoms with E-state index in [1.807, 2.05) is 24.3 Å². The number of carbonyl (C=O) groups excluding carboxylic acids is 2. The van der Waals surface area contributed by atoms with Gasteiger partial charge in [-0.2, -0.15) is 13.2 Å². The number of amides is 2. The van der Waals surface area contributed by atoms with Crippen LogP contribution in [0.1, 0.15) is 36.3 Å². The number of halogens is 3. The fourth-order valence-corrected chi connectivity index (χ4v) is 6.26. The molecule has 2 aromatic carbocycles. The number of carbonyl (C=O) groups is 2. The number of alkyl halides is 3. The van der Waals surface area contributed by atoms with Gasteiger partial charge in [0.25, 0.3) is 11.5 Å². The second kappa shape index (κ2) is 10.8. The average Bonchev–Trinajstić information content (AvgIpc) is 2.89. The summed E-state index contributed by atoms with van der Waals surface area (Å²) in [6.45, 7) is 3.01. The predicted octanol–water partition coefficient (Wildman–Crippen LogP) is 3.60. The minimum atomic E-state index is -4.96. The molecule has 2 N–H and O–H groups in total. The molecule has 3 aliphatic heterocycles. The highest BCUT2D eigenvalue weighted by Crippen LogP contribution is 2.52. The number of nitrogens with zero attached hydrogens (tertiary/aromatic N) is 1. The second-order valence-corrected chi connectivity index (χ2v) is 10.8. The first-order chi connectivity index (χ1) is 18.7. The zero-order chi connectivity index (χ0) is 27.7. The van der Waals surface area contributed by atoms with Crippen molar-refractivity contribution in [1.29, 1.82) is 0 Å². The third-order valence-corrected chi connectivity index (χ3v) is 8.62. The smallest absolute Gasteiger partial charge is 0.430 e. The Bertz CT molecular complexity index is 1180. The summed E-state index contributed by atoms with van der Waals surface area (Å²) in [5.74, 6) is -0.0920. The standard InChI is InChI=1S/C29H34F3N3O4/c1-38-28(29(30,31)32,21-7-3-2-4-8-21)26(37)35-13-11-27(12-14-35)15-25(36)34-18-23(27)22-9-5-6-10-24(22)39-19-20-16-33-17-20/h2-10,20,23,33H,11-19H2,1H3,(H,34,36)/t23?,28-/m1/s1. The average molecular weight is 546 g/mol. The normalized spacial score (nSPS) is 23.0. The molecule has 3 heterocycles. The Morgan fingerprint density at radius 3 is 2.31 bits per heavy atom. The van der Waals surface area contributed by atoms with Crippen LogP contribution in [0, 0.1) is 11.3 Å². The Morgan fingerprint density at radius 1 is 1.03 bits per heavy atom. The number of ether oxygens (including phenoxy) is 2. The van der Waals surface area contributed by atoms with Crippen LogP contribution in [0.3, 0.4) is 0 Å². The van der Waals surface area contributed by atoms with E-state index in [9.17, 15) is 22.8 Å². The van der Waals surface area contributed by atoms with Crippen LogP contribution in [0.2, 0.25) is 0 Å². The molecule has 2 atom stereocenters. The van der Waals surface area contributed by atoms with Gasteiger partial charge in [0.2, 0.25) is 5.91 Å². The number of methoxy groups -OCH3 is 1. The number of piperidine rings is 2. The van der Waals surface area contributed by atoms with Gasteiger partial charge in [0.05, 0.1) is 6.61 Å². The Kier molecular flexibility index (Phi) is 7.61. The molecular formula is C29H34F3N3O4. The maximum absolute atomic E-state index is 14.5. The summed E-state index contributed by atoms with van der Waals surface area (Å²) in [4.78, 5) is 27.4. The molecular weight excluding hydrogens is 511 g/mol. The lowest BCUT2D eigenvalue weighted by Crippen LogP contribution is -2.60. The van der Waals surface area contributed by atoms with E-state index < -0.39 is 23.1 Å². The van der Waals surface area contributed by atoms with E-state index >= 15 is 0 Å². The van der Waals surface area contributed by atoms with E-state index in [0.717, 1.165) is 31.5 Å². The van der Waals surface area contributed by atoms with Gasteiger partial charge in [0, 0.05) is 63.7 Å². The Labute approximate surface area is 226 Å². The molecule has 0 aromatic heterocycles. The van der Waals surface area contributed by atoms with Crippen LogP contribution in [0.25, 0.3) is 0 Å². The summed E-state index contributed by atoms with van der Waals surface area (Å²) in [6.07, 6.45) is -3.93. The molecule has 3 aliphatic rings. The van der Waals surface area contributed by atoms with Gasteiger partial charge in [-0.3, -0.25) is 9.59 Å². The Hall–Kier alpha value is -3.11. The maximum atomic E-state index is 14.5. The molecule has 5 rings (SSSR count). The van der Waals surface area contributed by atoms with Crippen molar-refractivity contribution in [2.45, 2.75) is 37.0 Å².